The number of hydrogen-bond donors (Lipinski definition) is 0. The molecule has 1 saturated heterocycles. The van der Waals surface area contributed by atoms with Crippen molar-refractivity contribution in [1.29, 1.82) is 0 Å². The zero-order valence-corrected chi connectivity index (χ0v) is 17.1. The van der Waals surface area contributed by atoms with E-state index < -0.39 is 20.6 Å². The lowest BCUT2D eigenvalue weighted by atomic mass is 10.3. The van der Waals surface area contributed by atoms with Gasteiger partial charge in [-0.05, 0) is 37.8 Å². The average Bonchev–Trinajstić information content (AvgIpc) is 3.21. The molecular weight excluding hydrogens is 386 g/mol. The van der Waals surface area contributed by atoms with Crippen molar-refractivity contribution >= 4 is 21.6 Å². The Balaban J connectivity index is 2.19. The van der Waals surface area contributed by atoms with Crippen molar-refractivity contribution in [3.8, 4) is 5.75 Å². The van der Waals surface area contributed by atoms with Gasteiger partial charge in [0.1, 0.15) is 0 Å². The number of rotatable bonds is 10. The van der Waals surface area contributed by atoms with Crippen molar-refractivity contribution in [2.24, 2.45) is 0 Å². The Hall–Kier alpha value is -2.20. The maximum absolute atomic E-state index is 12.6. The van der Waals surface area contributed by atoms with Gasteiger partial charge in [-0.3, -0.25) is 14.9 Å². The molecule has 0 unspecified atom stereocenters. The Kier molecular flexibility index (Phi) is 7.76. The molecule has 1 heterocycles. The van der Waals surface area contributed by atoms with Crippen LogP contribution in [0.5, 0.6) is 5.75 Å². The zero-order chi connectivity index (χ0) is 20.7. The Bertz CT molecular complexity index is 800. The molecule has 1 fully saturated rings. The summed E-state index contributed by atoms with van der Waals surface area (Å²) in [7, 11) is -3.77. The number of ether oxygens (including phenoxy) is 1. The summed E-state index contributed by atoms with van der Waals surface area (Å²) in [5, 5.41) is 11.4. The molecule has 0 saturated carbocycles. The van der Waals surface area contributed by atoms with Gasteiger partial charge in [-0.25, -0.2) is 8.42 Å². The standard InChI is InChI=1S/C18H27N3O6S/c1-3-9-19(10-4-2)18(22)14-27-17-8-7-15(13-16(17)21(23)24)28(25,26)20-11-5-6-12-20/h7-8,13H,3-6,9-12,14H2,1-2H3. The Morgan fingerprint density at radius 3 is 2.36 bits per heavy atom. The molecule has 28 heavy (non-hydrogen) atoms. The second kappa shape index (κ2) is 9.83. The number of nitrogens with zero attached hydrogens (tertiary/aromatic N) is 3. The van der Waals surface area contributed by atoms with Gasteiger partial charge in [0.2, 0.25) is 10.0 Å². The summed E-state index contributed by atoms with van der Waals surface area (Å²) < 4.78 is 32.0. The predicted molar refractivity (Wildman–Crippen MR) is 104 cm³/mol. The summed E-state index contributed by atoms with van der Waals surface area (Å²) in [6.07, 6.45) is 3.15. The van der Waals surface area contributed by atoms with Crippen LogP contribution in [0.3, 0.4) is 0 Å². The Labute approximate surface area is 165 Å². The molecule has 1 aromatic carbocycles. The molecule has 0 N–H and O–H groups in total. The van der Waals surface area contributed by atoms with E-state index in [4.69, 9.17) is 4.74 Å². The SMILES string of the molecule is CCCN(CCC)C(=O)COc1ccc(S(=O)(=O)N2CCCC2)cc1[N+](=O)[O-]. The summed E-state index contributed by atoms with van der Waals surface area (Å²) >= 11 is 0. The highest BCUT2D eigenvalue weighted by atomic mass is 32.2. The molecular formula is C18H27N3O6S. The third-order valence-corrected chi connectivity index (χ3v) is 6.42. The van der Waals surface area contributed by atoms with E-state index in [-0.39, 0.29) is 23.2 Å². The molecule has 9 nitrogen and oxygen atoms in total. The smallest absolute Gasteiger partial charge is 0.312 e. The van der Waals surface area contributed by atoms with Crippen LogP contribution in [0.2, 0.25) is 0 Å². The molecule has 0 spiro atoms. The normalized spacial score (nSPS) is 14.8. The number of sulfonamides is 1. The average molecular weight is 413 g/mol. The summed E-state index contributed by atoms with van der Waals surface area (Å²) in [6.45, 7) is 5.58. The van der Waals surface area contributed by atoms with E-state index in [9.17, 15) is 23.3 Å². The number of benzene rings is 1. The Morgan fingerprint density at radius 2 is 1.82 bits per heavy atom. The van der Waals surface area contributed by atoms with Gasteiger partial charge in [0.05, 0.1) is 9.82 Å². The minimum atomic E-state index is -3.77. The molecule has 0 bridgehead atoms. The third kappa shape index (κ3) is 5.20. The van der Waals surface area contributed by atoms with Crippen molar-refractivity contribution in [3.05, 3.63) is 28.3 Å². The highest BCUT2D eigenvalue weighted by Gasteiger charge is 2.30. The number of hydrogen-bond acceptors (Lipinski definition) is 6. The summed E-state index contributed by atoms with van der Waals surface area (Å²) in [5.74, 6) is -0.376. The van der Waals surface area contributed by atoms with Crippen LogP contribution >= 0.6 is 0 Å². The molecule has 1 aromatic rings. The number of amides is 1. The molecule has 0 aliphatic carbocycles. The van der Waals surface area contributed by atoms with Crippen LogP contribution in [0.4, 0.5) is 5.69 Å². The maximum atomic E-state index is 12.6. The van der Waals surface area contributed by atoms with E-state index in [1.54, 1.807) is 4.90 Å². The van der Waals surface area contributed by atoms with Gasteiger partial charge >= 0.3 is 5.69 Å². The quantitative estimate of drug-likeness (QED) is 0.430. The molecule has 0 atom stereocenters. The first-order chi connectivity index (χ1) is 13.3. The third-order valence-electron chi connectivity index (χ3n) is 4.52. The van der Waals surface area contributed by atoms with Crippen LogP contribution in [-0.4, -0.2) is 61.2 Å². The minimum Gasteiger partial charge on any atom is -0.477 e. The predicted octanol–water partition coefficient (Wildman–Crippen LogP) is 2.41. The van der Waals surface area contributed by atoms with E-state index >= 15 is 0 Å². The second-order valence-corrected chi connectivity index (χ2v) is 8.61. The lowest BCUT2D eigenvalue weighted by Crippen LogP contribution is -2.36. The minimum absolute atomic E-state index is 0.119. The van der Waals surface area contributed by atoms with E-state index in [2.05, 4.69) is 0 Å². The summed E-state index contributed by atoms with van der Waals surface area (Å²) in [5.41, 5.74) is -0.467. The van der Waals surface area contributed by atoms with Crippen LogP contribution in [0.25, 0.3) is 0 Å². The first-order valence-electron chi connectivity index (χ1n) is 9.50. The van der Waals surface area contributed by atoms with Crippen LogP contribution in [-0.2, 0) is 14.8 Å². The highest BCUT2D eigenvalue weighted by molar-refractivity contribution is 7.89. The first-order valence-corrected chi connectivity index (χ1v) is 10.9. The Morgan fingerprint density at radius 1 is 1.21 bits per heavy atom. The van der Waals surface area contributed by atoms with E-state index in [1.807, 2.05) is 13.8 Å². The fourth-order valence-electron chi connectivity index (χ4n) is 3.13. The molecule has 0 radical (unpaired) electrons. The van der Waals surface area contributed by atoms with Gasteiger partial charge in [-0.2, -0.15) is 4.31 Å². The maximum Gasteiger partial charge on any atom is 0.312 e. The van der Waals surface area contributed by atoms with Crippen molar-refractivity contribution in [1.82, 2.24) is 9.21 Å². The van der Waals surface area contributed by atoms with Gasteiger partial charge in [-0.15, -0.1) is 0 Å². The number of nitro benzene ring substituents is 1. The molecule has 1 amide bonds. The van der Waals surface area contributed by atoms with Crippen LogP contribution in [0.15, 0.2) is 23.1 Å². The van der Waals surface area contributed by atoms with E-state index in [0.717, 1.165) is 31.7 Å². The monoisotopic (exact) mass is 413 g/mol. The van der Waals surface area contributed by atoms with Crippen molar-refractivity contribution in [2.45, 2.75) is 44.4 Å². The highest BCUT2D eigenvalue weighted by Crippen LogP contribution is 2.31. The lowest BCUT2D eigenvalue weighted by molar-refractivity contribution is -0.386. The van der Waals surface area contributed by atoms with Crippen LogP contribution in [0, 0.1) is 10.1 Å². The molecule has 156 valence electrons. The first kappa shape index (κ1) is 22.1. The van der Waals surface area contributed by atoms with Crippen LogP contribution in [0.1, 0.15) is 39.5 Å². The molecule has 1 aliphatic heterocycles. The fourth-order valence-corrected chi connectivity index (χ4v) is 4.67. The number of nitro groups is 1. The second-order valence-electron chi connectivity index (χ2n) is 6.67. The van der Waals surface area contributed by atoms with Crippen LogP contribution < -0.4 is 4.74 Å². The molecule has 0 aromatic heterocycles. The van der Waals surface area contributed by atoms with Crippen molar-refractivity contribution < 1.29 is 22.9 Å². The van der Waals surface area contributed by atoms with Gasteiger partial charge in [0.25, 0.3) is 5.91 Å². The largest absolute Gasteiger partial charge is 0.477 e. The van der Waals surface area contributed by atoms with Gasteiger partial charge in [0.15, 0.2) is 12.4 Å². The number of carbonyl (C=O) groups is 1. The molecule has 2 rings (SSSR count). The lowest BCUT2D eigenvalue weighted by Gasteiger charge is -2.21. The fraction of sp³-hybridized carbons (Fsp3) is 0.611. The molecule has 1 aliphatic rings. The van der Waals surface area contributed by atoms with Gasteiger partial charge in [0, 0.05) is 32.2 Å². The summed E-state index contributed by atoms with van der Waals surface area (Å²) in [6, 6.07) is 3.54. The van der Waals surface area contributed by atoms with Crippen molar-refractivity contribution in [2.75, 3.05) is 32.8 Å². The zero-order valence-electron chi connectivity index (χ0n) is 16.3. The van der Waals surface area contributed by atoms with Gasteiger partial charge < -0.3 is 9.64 Å². The van der Waals surface area contributed by atoms with E-state index in [0.29, 0.717) is 26.2 Å². The van der Waals surface area contributed by atoms with Gasteiger partial charge in [-0.1, -0.05) is 13.8 Å². The van der Waals surface area contributed by atoms with E-state index in [1.165, 1.54) is 16.4 Å². The van der Waals surface area contributed by atoms with Crippen molar-refractivity contribution in [3.63, 3.8) is 0 Å². The summed E-state index contributed by atoms with van der Waals surface area (Å²) in [4.78, 5) is 24.5. The topological polar surface area (TPSA) is 110 Å². The molecule has 10 heteroatoms. The number of carbonyl (C=O) groups excluding carboxylic acids is 1.